The van der Waals surface area contributed by atoms with Gasteiger partial charge in [0, 0.05) is 6.54 Å². The van der Waals surface area contributed by atoms with Crippen molar-refractivity contribution in [3.63, 3.8) is 0 Å². The zero-order chi connectivity index (χ0) is 9.10. The minimum atomic E-state index is -0.163. The van der Waals surface area contributed by atoms with Crippen LogP contribution in [0.2, 0.25) is 0 Å². The molecule has 4 heteroatoms. The summed E-state index contributed by atoms with van der Waals surface area (Å²) in [7, 11) is 0. The molecule has 1 fully saturated rings. The summed E-state index contributed by atoms with van der Waals surface area (Å²) in [6.45, 7) is 0.763. The lowest BCUT2D eigenvalue weighted by Crippen LogP contribution is -2.31. The molecule has 1 aromatic heterocycles. The quantitative estimate of drug-likeness (QED) is 0.760. The summed E-state index contributed by atoms with van der Waals surface area (Å²) in [5, 5.41) is 2.81. The van der Waals surface area contributed by atoms with E-state index >= 15 is 0 Å². The van der Waals surface area contributed by atoms with Gasteiger partial charge in [0.05, 0.1) is 6.20 Å². The maximum absolute atomic E-state index is 11.3. The molecule has 1 saturated carbocycles. The van der Waals surface area contributed by atoms with Crippen LogP contribution in [-0.2, 0) is 0 Å². The average Bonchev–Trinajstić information content (AvgIpc) is 2.52. The standard InChI is InChI=1S/C9H12N2O2/c12-9(8-5-10-6-13-8)11-4-7-2-1-3-7/h5-7H,1-4H2,(H,11,12). The Kier molecular flexibility index (Phi) is 2.29. The van der Waals surface area contributed by atoms with E-state index in [2.05, 4.69) is 10.3 Å². The number of carbonyl (C=O) groups is 1. The van der Waals surface area contributed by atoms with Crippen molar-refractivity contribution >= 4 is 5.91 Å². The number of nitrogens with one attached hydrogen (secondary N) is 1. The summed E-state index contributed by atoms with van der Waals surface area (Å²) in [6.07, 6.45) is 6.45. The second kappa shape index (κ2) is 3.60. The summed E-state index contributed by atoms with van der Waals surface area (Å²) in [6, 6.07) is 0. The van der Waals surface area contributed by atoms with Crippen molar-refractivity contribution in [3.8, 4) is 0 Å². The molecule has 1 aromatic rings. The highest BCUT2D eigenvalue weighted by molar-refractivity contribution is 5.90. The summed E-state index contributed by atoms with van der Waals surface area (Å²) in [5.74, 6) is 0.801. The van der Waals surface area contributed by atoms with Gasteiger partial charge < -0.3 is 9.73 Å². The Labute approximate surface area is 76.3 Å². The van der Waals surface area contributed by atoms with Crippen molar-refractivity contribution in [2.45, 2.75) is 19.3 Å². The van der Waals surface area contributed by atoms with Gasteiger partial charge in [-0.1, -0.05) is 6.42 Å². The van der Waals surface area contributed by atoms with E-state index < -0.39 is 0 Å². The smallest absolute Gasteiger partial charge is 0.288 e. The molecular formula is C9H12N2O2. The average molecular weight is 180 g/mol. The first-order valence-electron chi connectivity index (χ1n) is 4.53. The lowest BCUT2D eigenvalue weighted by Gasteiger charge is -2.24. The van der Waals surface area contributed by atoms with Gasteiger partial charge in [-0.05, 0) is 18.8 Å². The Morgan fingerprint density at radius 2 is 2.54 bits per heavy atom. The van der Waals surface area contributed by atoms with Crippen LogP contribution in [0.25, 0.3) is 0 Å². The lowest BCUT2D eigenvalue weighted by molar-refractivity contribution is 0.0911. The maximum Gasteiger partial charge on any atom is 0.288 e. The Morgan fingerprint density at radius 3 is 3.08 bits per heavy atom. The Hall–Kier alpha value is -1.32. The molecule has 0 saturated heterocycles. The van der Waals surface area contributed by atoms with Crippen LogP contribution < -0.4 is 5.32 Å². The molecule has 2 rings (SSSR count). The number of carbonyl (C=O) groups excluding carboxylic acids is 1. The summed E-state index contributed by atoms with van der Waals surface area (Å²) in [4.78, 5) is 15.0. The minimum Gasteiger partial charge on any atom is -0.438 e. The molecule has 70 valence electrons. The van der Waals surface area contributed by atoms with Crippen LogP contribution in [-0.4, -0.2) is 17.4 Å². The van der Waals surface area contributed by atoms with Crippen molar-refractivity contribution in [3.05, 3.63) is 18.4 Å². The largest absolute Gasteiger partial charge is 0.438 e. The molecular weight excluding hydrogens is 168 g/mol. The number of hydrogen-bond donors (Lipinski definition) is 1. The highest BCUT2D eigenvalue weighted by atomic mass is 16.3. The van der Waals surface area contributed by atoms with Crippen molar-refractivity contribution in [2.75, 3.05) is 6.54 Å². The van der Waals surface area contributed by atoms with Crippen molar-refractivity contribution in [2.24, 2.45) is 5.92 Å². The molecule has 1 aliphatic carbocycles. The van der Waals surface area contributed by atoms with Crippen LogP contribution in [0.15, 0.2) is 17.0 Å². The van der Waals surface area contributed by atoms with Gasteiger partial charge in [-0.2, -0.15) is 0 Å². The van der Waals surface area contributed by atoms with Crippen LogP contribution in [0.4, 0.5) is 0 Å². The second-order valence-electron chi connectivity index (χ2n) is 3.37. The van der Waals surface area contributed by atoms with E-state index in [1.807, 2.05) is 0 Å². The van der Waals surface area contributed by atoms with E-state index in [-0.39, 0.29) is 5.91 Å². The Balaban J connectivity index is 1.78. The molecule has 1 aliphatic rings. The lowest BCUT2D eigenvalue weighted by atomic mass is 9.85. The molecule has 0 atom stereocenters. The van der Waals surface area contributed by atoms with Crippen molar-refractivity contribution < 1.29 is 9.21 Å². The number of nitrogens with zero attached hydrogens (tertiary/aromatic N) is 1. The van der Waals surface area contributed by atoms with E-state index in [0.29, 0.717) is 11.7 Å². The third kappa shape index (κ3) is 1.88. The van der Waals surface area contributed by atoms with E-state index in [1.54, 1.807) is 0 Å². The molecule has 1 heterocycles. The maximum atomic E-state index is 11.3. The van der Waals surface area contributed by atoms with Gasteiger partial charge in [0.1, 0.15) is 0 Å². The topological polar surface area (TPSA) is 55.1 Å². The van der Waals surface area contributed by atoms with Crippen LogP contribution in [0.1, 0.15) is 29.8 Å². The van der Waals surface area contributed by atoms with Gasteiger partial charge in [-0.3, -0.25) is 4.79 Å². The minimum absolute atomic E-state index is 0.163. The third-order valence-corrected chi connectivity index (χ3v) is 2.43. The Bertz CT molecular complexity index is 278. The van der Waals surface area contributed by atoms with Crippen LogP contribution in [0.3, 0.4) is 0 Å². The first-order chi connectivity index (χ1) is 6.36. The zero-order valence-corrected chi connectivity index (χ0v) is 7.32. The van der Waals surface area contributed by atoms with Crippen molar-refractivity contribution in [1.29, 1.82) is 0 Å². The fourth-order valence-corrected chi connectivity index (χ4v) is 1.35. The van der Waals surface area contributed by atoms with Gasteiger partial charge >= 0.3 is 0 Å². The van der Waals surface area contributed by atoms with Crippen LogP contribution in [0, 0.1) is 5.92 Å². The molecule has 1 N–H and O–H groups in total. The van der Waals surface area contributed by atoms with Gasteiger partial charge in [0.15, 0.2) is 6.39 Å². The van der Waals surface area contributed by atoms with Crippen LogP contribution in [0.5, 0.6) is 0 Å². The highest BCUT2D eigenvalue weighted by Crippen LogP contribution is 2.25. The SMILES string of the molecule is O=C(NCC1CCC1)c1cnco1. The number of aromatic nitrogens is 1. The predicted octanol–water partition coefficient (Wildman–Crippen LogP) is 1.20. The Morgan fingerprint density at radius 1 is 1.69 bits per heavy atom. The normalized spacial score (nSPS) is 16.6. The molecule has 0 spiro atoms. The van der Waals surface area contributed by atoms with Gasteiger partial charge in [-0.15, -0.1) is 0 Å². The highest BCUT2D eigenvalue weighted by Gasteiger charge is 2.18. The summed E-state index contributed by atoms with van der Waals surface area (Å²) in [5.41, 5.74) is 0. The van der Waals surface area contributed by atoms with E-state index in [4.69, 9.17) is 4.42 Å². The van der Waals surface area contributed by atoms with Gasteiger partial charge in [0.25, 0.3) is 5.91 Å². The fourth-order valence-electron chi connectivity index (χ4n) is 1.35. The predicted molar refractivity (Wildman–Crippen MR) is 46.2 cm³/mol. The second-order valence-corrected chi connectivity index (χ2v) is 3.37. The summed E-state index contributed by atoms with van der Waals surface area (Å²) < 4.78 is 4.86. The van der Waals surface area contributed by atoms with E-state index in [9.17, 15) is 4.79 Å². The van der Waals surface area contributed by atoms with Crippen molar-refractivity contribution in [1.82, 2.24) is 10.3 Å². The molecule has 4 nitrogen and oxygen atoms in total. The summed E-state index contributed by atoms with van der Waals surface area (Å²) >= 11 is 0. The molecule has 13 heavy (non-hydrogen) atoms. The third-order valence-electron chi connectivity index (χ3n) is 2.43. The van der Waals surface area contributed by atoms with E-state index in [0.717, 1.165) is 6.54 Å². The van der Waals surface area contributed by atoms with E-state index in [1.165, 1.54) is 31.9 Å². The number of amides is 1. The molecule has 0 unspecified atom stereocenters. The molecule has 0 radical (unpaired) electrons. The van der Waals surface area contributed by atoms with Crippen LogP contribution >= 0.6 is 0 Å². The zero-order valence-electron chi connectivity index (χ0n) is 7.32. The molecule has 0 aliphatic heterocycles. The molecule has 0 aromatic carbocycles. The fraction of sp³-hybridized carbons (Fsp3) is 0.556. The molecule has 0 bridgehead atoms. The number of rotatable bonds is 3. The number of oxazole rings is 1. The number of hydrogen-bond acceptors (Lipinski definition) is 3. The van der Waals surface area contributed by atoms with Gasteiger partial charge in [-0.25, -0.2) is 4.98 Å². The first kappa shape index (κ1) is 8.29. The first-order valence-corrected chi connectivity index (χ1v) is 4.53. The monoisotopic (exact) mass is 180 g/mol. The van der Waals surface area contributed by atoms with Gasteiger partial charge in [0.2, 0.25) is 5.76 Å². The molecule has 1 amide bonds.